The molecule has 0 aliphatic rings. The summed E-state index contributed by atoms with van der Waals surface area (Å²) >= 11 is 0. The van der Waals surface area contributed by atoms with Crippen LogP contribution in [-0.4, -0.2) is 36.2 Å². The van der Waals surface area contributed by atoms with Crippen LogP contribution < -0.4 is 29.6 Å². The van der Waals surface area contributed by atoms with Crippen molar-refractivity contribution in [3.8, 4) is 0 Å². The monoisotopic (exact) mass is 325 g/mol. The predicted octanol–water partition coefficient (Wildman–Crippen LogP) is -1.04. The van der Waals surface area contributed by atoms with Gasteiger partial charge in [0.1, 0.15) is 0 Å². The van der Waals surface area contributed by atoms with E-state index in [1.54, 1.807) is 0 Å². The van der Waals surface area contributed by atoms with E-state index in [9.17, 15) is 52.5 Å². The van der Waals surface area contributed by atoms with Crippen molar-refractivity contribution in [2.24, 2.45) is 0 Å². The molecule has 0 aliphatic heterocycles. The Kier molecular flexibility index (Phi) is 5.72. The van der Waals surface area contributed by atoms with Crippen LogP contribution in [0.15, 0.2) is 0 Å². The van der Waals surface area contributed by atoms with Gasteiger partial charge in [0.2, 0.25) is 0 Å². The molecule has 0 bridgehead atoms. The van der Waals surface area contributed by atoms with Gasteiger partial charge < -0.3 is 4.55 Å². The molecule has 0 N–H and O–H groups in total. The third-order valence-electron chi connectivity index (χ3n) is 1.43. The van der Waals surface area contributed by atoms with Gasteiger partial charge in [0.05, 0.1) is 0 Å². The molecular weight excluding hydrogens is 325 g/mol. The first-order chi connectivity index (χ1) is 7.00. The molecule has 0 amide bonds. The zero-order valence-corrected chi connectivity index (χ0v) is 10.9. The van der Waals surface area contributed by atoms with E-state index >= 15 is 0 Å². The minimum absolute atomic E-state index is 0. The predicted molar refractivity (Wildman–Crippen MR) is 30.6 cm³/mol. The summed E-state index contributed by atoms with van der Waals surface area (Å²) in [6.07, 6.45) is -7.16. The molecule has 0 rings (SSSR count). The number of halogens is 9. The maximum Gasteiger partial charge on any atom is 1.00 e. The Bertz CT molecular complexity index is 399. The number of hydrogen-bond acceptors (Lipinski definition) is 3. The van der Waals surface area contributed by atoms with Gasteiger partial charge in [0, 0.05) is 0 Å². The van der Waals surface area contributed by atoms with Gasteiger partial charge >= 0.3 is 52.8 Å². The number of hydrogen-bond donors (Lipinski definition) is 0. The smallest absolute Gasteiger partial charge is 0.743 e. The largest absolute Gasteiger partial charge is 1.00 e. The average molecular weight is 325 g/mol. The van der Waals surface area contributed by atoms with E-state index in [4.69, 9.17) is 0 Å². The van der Waals surface area contributed by atoms with E-state index in [0.717, 1.165) is 0 Å². The molecule has 0 aromatic rings. The van der Waals surface area contributed by atoms with Gasteiger partial charge in [-0.1, -0.05) is 0 Å². The van der Waals surface area contributed by atoms with Gasteiger partial charge in [-0.25, -0.2) is 8.42 Å². The van der Waals surface area contributed by atoms with Gasteiger partial charge in [0.25, 0.3) is 0 Å². The molecule has 14 heteroatoms. The molecule has 0 aliphatic carbocycles. The maximum atomic E-state index is 12.2. The summed E-state index contributed by atoms with van der Waals surface area (Å²) < 4.78 is 135. The van der Waals surface area contributed by atoms with Crippen LogP contribution in [0.5, 0.6) is 0 Å². The van der Waals surface area contributed by atoms with Crippen molar-refractivity contribution in [2.75, 3.05) is 0 Å². The first kappa shape index (κ1) is 20.6. The van der Waals surface area contributed by atoms with Crippen molar-refractivity contribution < 1.29 is 82.0 Å². The minimum atomic E-state index is -7.43. The molecule has 0 aromatic heterocycles. The number of alkyl halides is 9. The quantitative estimate of drug-likeness (QED) is 0.288. The van der Waals surface area contributed by atoms with E-state index in [1.807, 2.05) is 0 Å². The minimum Gasteiger partial charge on any atom is -0.743 e. The molecule has 0 spiro atoms. The van der Waals surface area contributed by atoms with Crippen LogP contribution in [0.2, 0.25) is 0 Å². The Morgan fingerprint density at radius 1 is 0.722 bits per heavy atom. The van der Waals surface area contributed by atoms with E-state index in [1.165, 1.54) is 0 Å². The molecule has 0 heterocycles. The first-order valence-corrected chi connectivity index (χ1v) is 4.56. The second-order valence-corrected chi connectivity index (χ2v) is 4.04. The summed E-state index contributed by atoms with van der Waals surface area (Å²) in [5.74, 6) is -14.8. The molecule has 0 saturated heterocycles. The summed E-state index contributed by atoms with van der Waals surface area (Å²) in [6.45, 7) is 0. The van der Waals surface area contributed by atoms with Crippen LogP contribution in [0.4, 0.5) is 39.5 Å². The molecule has 0 saturated carbocycles. The summed E-state index contributed by atoms with van der Waals surface area (Å²) in [7, 11) is -7.42. The summed E-state index contributed by atoms with van der Waals surface area (Å²) in [5, 5.41) is -7.11. The topological polar surface area (TPSA) is 57.2 Å². The molecule has 0 atom stereocenters. The first-order valence-electron chi connectivity index (χ1n) is 3.15. The zero-order chi connectivity index (χ0) is 14.5. The van der Waals surface area contributed by atoms with Crippen LogP contribution in [0, 0.1) is 0 Å². The summed E-state index contributed by atoms with van der Waals surface area (Å²) in [4.78, 5) is 0. The van der Waals surface area contributed by atoms with Crippen molar-refractivity contribution >= 4 is 10.1 Å². The van der Waals surface area contributed by atoms with E-state index < -0.39 is 33.4 Å². The summed E-state index contributed by atoms with van der Waals surface area (Å²) in [6, 6.07) is 0. The van der Waals surface area contributed by atoms with Crippen LogP contribution >= 0.6 is 0 Å². The Balaban J connectivity index is 0. The van der Waals surface area contributed by atoms with E-state index in [2.05, 4.69) is 0 Å². The third kappa shape index (κ3) is 2.89. The molecule has 18 heavy (non-hydrogen) atoms. The molecule has 0 radical (unpaired) electrons. The number of rotatable bonds is 3. The molecular formula is C4F9NaO3S. The normalized spacial score (nSPS) is 15.2. The van der Waals surface area contributed by atoms with Crippen molar-refractivity contribution in [3.63, 3.8) is 0 Å². The fourth-order valence-electron chi connectivity index (χ4n) is 0.518. The molecule has 0 fully saturated rings. The Hall–Kier alpha value is 0.280. The van der Waals surface area contributed by atoms with Gasteiger partial charge in [-0.2, -0.15) is 39.5 Å². The van der Waals surface area contributed by atoms with Crippen LogP contribution in [-0.2, 0) is 10.1 Å². The Morgan fingerprint density at radius 3 is 1.17 bits per heavy atom. The molecule has 104 valence electrons. The van der Waals surface area contributed by atoms with Crippen LogP contribution in [0.1, 0.15) is 0 Å². The van der Waals surface area contributed by atoms with Gasteiger partial charge in [-0.05, 0) is 0 Å². The van der Waals surface area contributed by atoms with Gasteiger partial charge in [0.15, 0.2) is 10.1 Å². The Morgan fingerprint density at radius 2 is 1.00 bits per heavy atom. The second-order valence-electron chi connectivity index (χ2n) is 2.62. The third-order valence-corrected chi connectivity index (χ3v) is 2.31. The second kappa shape index (κ2) is 5.00. The fraction of sp³-hybridized carbons (Fsp3) is 1.00. The SMILES string of the molecule is O=S(=O)([O-])C(F)(F)[13C](F)(F)[13C](F)(F)[13C](F)(F)F.[Na+]. The fourth-order valence-corrected chi connectivity index (χ4v) is 0.960. The average Bonchev–Trinajstić information content (AvgIpc) is 1.98. The molecule has 0 unspecified atom stereocenters. The summed E-state index contributed by atoms with van der Waals surface area (Å²) in [5.41, 5.74) is 0. The standard InChI is InChI=1S/C4HF9O3S.Na/c5-1(6,3(9,10)11)2(7,8)4(12,13)17(14,15)16;/h(H,14,15,16);/q;+1/p-1/i1+1,2+1,3+1;. The van der Waals surface area contributed by atoms with Crippen molar-refractivity contribution in [3.05, 3.63) is 0 Å². The molecule has 3 nitrogen and oxygen atoms in total. The van der Waals surface area contributed by atoms with Gasteiger partial charge in [-0.15, -0.1) is 0 Å². The Labute approximate surface area is 115 Å². The van der Waals surface area contributed by atoms with E-state index in [0.29, 0.717) is 0 Å². The van der Waals surface area contributed by atoms with Crippen LogP contribution in [0.25, 0.3) is 0 Å². The van der Waals surface area contributed by atoms with Gasteiger partial charge in [-0.3, -0.25) is 0 Å². The van der Waals surface area contributed by atoms with Crippen molar-refractivity contribution in [1.29, 1.82) is 0 Å². The van der Waals surface area contributed by atoms with Crippen molar-refractivity contribution in [2.45, 2.75) is 23.3 Å². The van der Waals surface area contributed by atoms with Crippen LogP contribution in [0.3, 0.4) is 0 Å². The van der Waals surface area contributed by atoms with Crippen molar-refractivity contribution in [1.82, 2.24) is 0 Å². The zero-order valence-electron chi connectivity index (χ0n) is 8.03. The molecule has 0 aromatic carbocycles. The van der Waals surface area contributed by atoms with E-state index in [-0.39, 0.29) is 29.6 Å². The maximum absolute atomic E-state index is 12.2.